The number of hydrogen-bond acceptors (Lipinski definition) is 4. The van der Waals surface area contributed by atoms with Crippen LogP contribution in [0, 0.1) is 0 Å². The van der Waals surface area contributed by atoms with Gasteiger partial charge in [0.2, 0.25) is 0 Å². The maximum Gasteiger partial charge on any atom is 0.355 e. The SMILES string of the molecule is CC(C)c1nc(C(=O)O)c(CN(C)C2CCCCC2)s1. The van der Waals surface area contributed by atoms with Gasteiger partial charge in [0.15, 0.2) is 5.69 Å². The van der Waals surface area contributed by atoms with Gasteiger partial charge in [-0.3, -0.25) is 4.90 Å². The van der Waals surface area contributed by atoms with Crippen LogP contribution >= 0.6 is 11.3 Å². The fourth-order valence-corrected chi connectivity index (χ4v) is 3.89. The fourth-order valence-electron chi connectivity index (χ4n) is 2.77. The van der Waals surface area contributed by atoms with Crippen LogP contribution in [0.1, 0.15) is 72.2 Å². The Morgan fingerprint density at radius 1 is 1.40 bits per heavy atom. The highest BCUT2D eigenvalue weighted by Crippen LogP contribution is 2.28. The molecule has 5 heteroatoms. The third kappa shape index (κ3) is 3.58. The average molecular weight is 296 g/mol. The van der Waals surface area contributed by atoms with E-state index in [4.69, 9.17) is 0 Å². The zero-order valence-electron chi connectivity index (χ0n) is 12.6. The molecule has 0 aromatic carbocycles. The summed E-state index contributed by atoms with van der Waals surface area (Å²) >= 11 is 1.55. The van der Waals surface area contributed by atoms with Crippen LogP contribution in [0.2, 0.25) is 0 Å². The molecule has 1 N–H and O–H groups in total. The lowest BCUT2D eigenvalue weighted by Crippen LogP contribution is -2.33. The zero-order chi connectivity index (χ0) is 14.7. The van der Waals surface area contributed by atoms with E-state index in [0.717, 1.165) is 9.88 Å². The van der Waals surface area contributed by atoms with Gasteiger partial charge in [-0.05, 0) is 19.9 Å². The normalized spacial score (nSPS) is 17.1. The Labute approximate surface area is 124 Å². The fraction of sp³-hybridized carbons (Fsp3) is 0.733. The van der Waals surface area contributed by atoms with E-state index in [-0.39, 0.29) is 11.6 Å². The van der Waals surface area contributed by atoms with E-state index >= 15 is 0 Å². The second kappa shape index (κ2) is 6.68. The van der Waals surface area contributed by atoms with E-state index in [2.05, 4.69) is 30.8 Å². The van der Waals surface area contributed by atoms with Gasteiger partial charge in [-0.1, -0.05) is 33.1 Å². The van der Waals surface area contributed by atoms with Crippen LogP contribution in [0.3, 0.4) is 0 Å². The Morgan fingerprint density at radius 3 is 2.60 bits per heavy atom. The molecule has 112 valence electrons. The molecule has 20 heavy (non-hydrogen) atoms. The van der Waals surface area contributed by atoms with Crippen molar-refractivity contribution in [1.29, 1.82) is 0 Å². The van der Waals surface area contributed by atoms with Gasteiger partial charge in [-0.2, -0.15) is 0 Å². The molecule has 1 aliphatic carbocycles. The molecule has 1 heterocycles. The second-order valence-electron chi connectivity index (χ2n) is 5.99. The van der Waals surface area contributed by atoms with Crippen molar-refractivity contribution in [3.63, 3.8) is 0 Å². The molecule has 2 rings (SSSR count). The van der Waals surface area contributed by atoms with Gasteiger partial charge in [-0.25, -0.2) is 9.78 Å². The summed E-state index contributed by atoms with van der Waals surface area (Å²) in [5.41, 5.74) is 0.251. The van der Waals surface area contributed by atoms with Crippen LogP contribution in [0.25, 0.3) is 0 Å². The van der Waals surface area contributed by atoms with Gasteiger partial charge < -0.3 is 5.11 Å². The van der Waals surface area contributed by atoms with Crippen molar-refractivity contribution in [2.45, 2.75) is 64.5 Å². The van der Waals surface area contributed by atoms with Gasteiger partial charge >= 0.3 is 5.97 Å². The van der Waals surface area contributed by atoms with Crippen molar-refractivity contribution >= 4 is 17.3 Å². The van der Waals surface area contributed by atoms with Gasteiger partial charge in [0.25, 0.3) is 0 Å². The number of carboxylic acids is 1. The second-order valence-corrected chi connectivity index (χ2v) is 7.11. The third-order valence-electron chi connectivity index (χ3n) is 4.00. The zero-order valence-corrected chi connectivity index (χ0v) is 13.4. The maximum atomic E-state index is 11.3. The first-order chi connectivity index (χ1) is 9.49. The third-order valence-corrected chi connectivity index (χ3v) is 5.34. The summed E-state index contributed by atoms with van der Waals surface area (Å²) in [6.07, 6.45) is 6.38. The monoisotopic (exact) mass is 296 g/mol. The Bertz CT molecular complexity index is 464. The molecule has 0 radical (unpaired) electrons. The molecule has 0 atom stereocenters. The van der Waals surface area contributed by atoms with Crippen molar-refractivity contribution < 1.29 is 9.90 Å². The van der Waals surface area contributed by atoms with Gasteiger partial charge in [-0.15, -0.1) is 11.3 Å². The van der Waals surface area contributed by atoms with Crippen LogP contribution in [-0.2, 0) is 6.54 Å². The summed E-state index contributed by atoms with van der Waals surface area (Å²) < 4.78 is 0. The number of carbonyl (C=O) groups is 1. The first kappa shape index (κ1) is 15.4. The van der Waals surface area contributed by atoms with E-state index in [9.17, 15) is 9.90 Å². The predicted molar refractivity (Wildman–Crippen MR) is 81.5 cm³/mol. The van der Waals surface area contributed by atoms with Crippen LogP contribution in [0.15, 0.2) is 0 Å². The van der Waals surface area contributed by atoms with Crippen molar-refractivity contribution in [2.75, 3.05) is 7.05 Å². The van der Waals surface area contributed by atoms with Gasteiger partial charge in [0.05, 0.1) is 9.88 Å². The minimum absolute atomic E-state index is 0.251. The Kier molecular flexibility index (Phi) is 5.16. The van der Waals surface area contributed by atoms with E-state index in [1.54, 1.807) is 11.3 Å². The van der Waals surface area contributed by atoms with Gasteiger partial charge in [0, 0.05) is 18.5 Å². The number of aromatic carboxylic acids is 1. The quantitative estimate of drug-likeness (QED) is 0.899. The maximum absolute atomic E-state index is 11.3. The largest absolute Gasteiger partial charge is 0.476 e. The molecule has 1 saturated carbocycles. The molecule has 0 amide bonds. The summed E-state index contributed by atoms with van der Waals surface area (Å²) in [7, 11) is 2.11. The number of thiazole rings is 1. The number of carboxylic acid groups (broad SMARTS) is 1. The molecular weight excluding hydrogens is 272 g/mol. The molecule has 1 aromatic rings. The molecule has 0 bridgehead atoms. The van der Waals surface area contributed by atoms with E-state index in [0.29, 0.717) is 12.6 Å². The highest BCUT2D eigenvalue weighted by atomic mass is 32.1. The van der Waals surface area contributed by atoms with Crippen molar-refractivity contribution in [1.82, 2.24) is 9.88 Å². The van der Waals surface area contributed by atoms with E-state index in [1.165, 1.54) is 32.1 Å². The summed E-state index contributed by atoms with van der Waals surface area (Å²) in [6.45, 7) is 4.81. The van der Waals surface area contributed by atoms with Crippen molar-refractivity contribution in [2.24, 2.45) is 0 Å². The van der Waals surface area contributed by atoms with Crippen LogP contribution < -0.4 is 0 Å². The number of rotatable bonds is 5. The molecule has 0 spiro atoms. The van der Waals surface area contributed by atoms with Crippen molar-refractivity contribution in [3.8, 4) is 0 Å². The van der Waals surface area contributed by atoms with E-state index in [1.807, 2.05) is 0 Å². The number of nitrogens with zero attached hydrogens (tertiary/aromatic N) is 2. The molecule has 1 aromatic heterocycles. The molecule has 0 saturated heterocycles. The summed E-state index contributed by atoms with van der Waals surface area (Å²) in [5, 5.41) is 10.2. The minimum Gasteiger partial charge on any atom is -0.476 e. The number of hydrogen-bond donors (Lipinski definition) is 1. The average Bonchev–Trinajstić information content (AvgIpc) is 2.84. The molecular formula is C15H24N2O2S. The standard InChI is InChI=1S/C15H24N2O2S/c1-10(2)14-16-13(15(18)19)12(20-14)9-17(3)11-7-5-4-6-8-11/h10-11H,4-9H2,1-3H3,(H,18,19). The molecule has 1 fully saturated rings. The first-order valence-corrected chi connectivity index (χ1v) is 8.23. The predicted octanol–water partition coefficient (Wildman–Crippen LogP) is 3.73. The lowest BCUT2D eigenvalue weighted by molar-refractivity contribution is 0.0688. The van der Waals surface area contributed by atoms with Crippen LogP contribution in [0.4, 0.5) is 0 Å². The smallest absolute Gasteiger partial charge is 0.355 e. The van der Waals surface area contributed by atoms with E-state index < -0.39 is 5.97 Å². The molecule has 1 aliphatic rings. The number of aromatic nitrogens is 1. The van der Waals surface area contributed by atoms with Crippen LogP contribution in [0.5, 0.6) is 0 Å². The summed E-state index contributed by atoms with van der Waals surface area (Å²) in [6, 6.07) is 0.593. The van der Waals surface area contributed by atoms with Crippen molar-refractivity contribution in [3.05, 3.63) is 15.6 Å². The van der Waals surface area contributed by atoms with Crippen LogP contribution in [-0.4, -0.2) is 34.0 Å². The Morgan fingerprint density at radius 2 is 2.05 bits per heavy atom. The first-order valence-electron chi connectivity index (χ1n) is 7.42. The lowest BCUT2D eigenvalue weighted by Gasteiger charge is -2.30. The molecule has 0 unspecified atom stereocenters. The summed E-state index contributed by atoms with van der Waals surface area (Å²) in [4.78, 5) is 18.8. The highest BCUT2D eigenvalue weighted by molar-refractivity contribution is 7.12. The lowest BCUT2D eigenvalue weighted by atomic mass is 9.94. The topological polar surface area (TPSA) is 53.4 Å². The Balaban J connectivity index is 2.12. The Hall–Kier alpha value is -0.940. The minimum atomic E-state index is -0.903. The molecule has 4 nitrogen and oxygen atoms in total. The highest BCUT2D eigenvalue weighted by Gasteiger charge is 2.23. The van der Waals surface area contributed by atoms with Gasteiger partial charge in [0.1, 0.15) is 0 Å². The molecule has 0 aliphatic heterocycles. The summed E-state index contributed by atoms with van der Waals surface area (Å²) in [5.74, 6) is -0.618.